The Morgan fingerprint density at radius 3 is 2.39 bits per heavy atom. The van der Waals surface area contributed by atoms with Crippen molar-refractivity contribution in [2.45, 2.75) is 6.61 Å². The van der Waals surface area contributed by atoms with Gasteiger partial charge < -0.3 is 14.6 Å². The molecule has 0 spiro atoms. The lowest BCUT2D eigenvalue weighted by molar-refractivity contribution is -0.122. The van der Waals surface area contributed by atoms with Crippen LogP contribution >= 0.6 is 0 Å². The van der Waals surface area contributed by atoms with Crippen LogP contribution in [0.2, 0.25) is 0 Å². The molecule has 1 saturated heterocycles. The van der Waals surface area contributed by atoms with Crippen LogP contribution in [0.25, 0.3) is 6.08 Å². The smallest absolute Gasteiger partial charge is 0.335 e. The number of anilines is 1. The number of methoxy groups -OCH3 is 1. The van der Waals surface area contributed by atoms with Gasteiger partial charge in [0.1, 0.15) is 17.9 Å². The summed E-state index contributed by atoms with van der Waals surface area (Å²) in [5, 5.41) is 11.9. The lowest BCUT2D eigenvalue weighted by atomic mass is 10.1. The number of hydrogen-bond donors (Lipinski definition) is 2. The Bertz CT molecular complexity index is 1240. The van der Waals surface area contributed by atoms with Crippen LogP contribution in [0, 0.1) is 0 Å². The van der Waals surface area contributed by atoms with Gasteiger partial charge in [-0.2, -0.15) is 0 Å². The SMILES string of the molecule is COc1cc(/C=C2/C(=O)NC(=O)N(c3ccc(OCc4ccccc4)cc3)C2=O)ccc1O. The second-order valence-corrected chi connectivity index (χ2v) is 7.16. The minimum atomic E-state index is -0.844. The third-order valence-corrected chi connectivity index (χ3v) is 4.96. The molecule has 0 bridgehead atoms. The molecule has 2 N–H and O–H groups in total. The van der Waals surface area contributed by atoms with Crippen LogP contribution in [0.3, 0.4) is 0 Å². The van der Waals surface area contributed by atoms with Crippen LogP contribution in [0.5, 0.6) is 17.2 Å². The third-order valence-electron chi connectivity index (χ3n) is 4.96. The fourth-order valence-corrected chi connectivity index (χ4v) is 3.27. The first kappa shape index (κ1) is 21.6. The molecule has 8 heteroatoms. The average molecular weight is 444 g/mol. The molecule has 0 unspecified atom stereocenters. The molecule has 1 fully saturated rings. The molecular formula is C25H20N2O6. The van der Waals surface area contributed by atoms with Crippen molar-refractivity contribution in [2.24, 2.45) is 0 Å². The molecule has 0 aliphatic carbocycles. The van der Waals surface area contributed by atoms with Gasteiger partial charge >= 0.3 is 6.03 Å². The van der Waals surface area contributed by atoms with Crippen molar-refractivity contribution in [3.8, 4) is 17.2 Å². The topological polar surface area (TPSA) is 105 Å². The quantitative estimate of drug-likeness (QED) is 0.444. The number of hydrogen-bond acceptors (Lipinski definition) is 6. The number of rotatable bonds is 6. The molecule has 3 aromatic carbocycles. The van der Waals surface area contributed by atoms with Crippen molar-refractivity contribution in [1.82, 2.24) is 5.32 Å². The first-order valence-corrected chi connectivity index (χ1v) is 10.0. The zero-order valence-corrected chi connectivity index (χ0v) is 17.6. The fraction of sp³-hybridized carbons (Fsp3) is 0.0800. The summed E-state index contributed by atoms with van der Waals surface area (Å²) in [5.74, 6) is -0.905. The number of carbonyl (C=O) groups is 3. The first-order chi connectivity index (χ1) is 16.0. The van der Waals surface area contributed by atoms with Gasteiger partial charge in [-0.3, -0.25) is 14.9 Å². The minimum Gasteiger partial charge on any atom is -0.504 e. The van der Waals surface area contributed by atoms with E-state index in [-0.39, 0.29) is 22.8 Å². The summed E-state index contributed by atoms with van der Waals surface area (Å²) in [7, 11) is 1.39. The van der Waals surface area contributed by atoms with E-state index in [1.165, 1.54) is 31.4 Å². The number of urea groups is 1. The number of barbiturate groups is 1. The molecule has 33 heavy (non-hydrogen) atoms. The summed E-state index contributed by atoms with van der Waals surface area (Å²) in [6.07, 6.45) is 1.33. The zero-order chi connectivity index (χ0) is 23.4. The largest absolute Gasteiger partial charge is 0.504 e. The summed E-state index contributed by atoms with van der Waals surface area (Å²) >= 11 is 0. The molecule has 1 heterocycles. The number of ether oxygens (including phenoxy) is 2. The van der Waals surface area contributed by atoms with Crippen LogP contribution in [0.1, 0.15) is 11.1 Å². The van der Waals surface area contributed by atoms with Crippen LogP contribution < -0.4 is 19.7 Å². The van der Waals surface area contributed by atoms with Crippen molar-refractivity contribution in [1.29, 1.82) is 0 Å². The van der Waals surface area contributed by atoms with Crippen molar-refractivity contribution in [3.63, 3.8) is 0 Å². The van der Waals surface area contributed by atoms with Crippen molar-refractivity contribution in [3.05, 3.63) is 89.5 Å². The van der Waals surface area contributed by atoms with E-state index in [0.717, 1.165) is 10.5 Å². The molecule has 4 amide bonds. The Balaban J connectivity index is 1.55. The third kappa shape index (κ3) is 4.69. The monoisotopic (exact) mass is 444 g/mol. The highest BCUT2D eigenvalue weighted by Gasteiger charge is 2.36. The highest BCUT2D eigenvalue weighted by molar-refractivity contribution is 6.39. The van der Waals surface area contributed by atoms with Crippen LogP contribution in [-0.4, -0.2) is 30.1 Å². The summed E-state index contributed by atoms with van der Waals surface area (Å²) in [6, 6.07) is 19.6. The highest BCUT2D eigenvalue weighted by atomic mass is 16.5. The standard InChI is InChI=1S/C25H20N2O6/c1-32-22-14-17(7-12-21(22)28)13-20-23(29)26-25(31)27(24(20)30)18-8-10-19(11-9-18)33-15-16-5-3-2-4-6-16/h2-14,28H,15H2,1H3,(H,26,29,31)/b20-13-. The molecular weight excluding hydrogens is 424 g/mol. The first-order valence-electron chi connectivity index (χ1n) is 10.0. The lowest BCUT2D eigenvalue weighted by Crippen LogP contribution is -2.54. The lowest BCUT2D eigenvalue weighted by Gasteiger charge is -2.26. The predicted octanol–water partition coefficient (Wildman–Crippen LogP) is 3.65. The van der Waals surface area contributed by atoms with E-state index in [9.17, 15) is 19.5 Å². The van der Waals surface area contributed by atoms with Gasteiger partial charge in [-0.15, -0.1) is 0 Å². The minimum absolute atomic E-state index is 0.0783. The second kappa shape index (κ2) is 9.27. The molecule has 8 nitrogen and oxygen atoms in total. The van der Waals surface area contributed by atoms with Gasteiger partial charge in [0.2, 0.25) is 0 Å². The predicted molar refractivity (Wildman–Crippen MR) is 121 cm³/mol. The van der Waals surface area contributed by atoms with E-state index in [0.29, 0.717) is 17.9 Å². The van der Waals surface area contributed by atoms with Crippen LogP contribution in [0.15, 0.2) is 78.4 Å². The van der Waals surface area contributed by atoms with Gasteiger partial charge in [0.15, 0.2) is 11.5 Å². The molecule has 0 saturated carbocycles. The fourth-order valence-electron chi connectivity index (χ4n) is 3.27. The maximum absolute atomic E-state index is 13.0. The van der Waals surface area contributed by atoms with E-state index in [1.807, 2.05) is 30.3 Å². The Morgan fingerprint density at radius 2 is 1.70 bits per heavy atom. The van der Waals surface area contributed by atoms with Crippen LogP contribution in [0.4, 0.5) is 10.5 Å². The van der Waals surface area contributed by atoms with Gasteiger partial charge in [0.25, 0.3) is 11.8 Å². The van der Waals surface area contributed by atoms with Crippen molar-refractivity contribution in [2.75, 3.05) is 12.0 Å². The average Bonchev–Trinajstić information content (AvgIpc) is 2.82. The van der Waals surface area contributed by atoms with E-state index >= 15 is 0 Å². The van der Waals surface area contributed by atoms with Crippen LogP contribution in [-0.2, 0) is 16.2 Å². The van der Waals surface area contributed by atoms with E-state index in [1.54, 1.807) is 24.3 Å². The Kier molecular flexibility index (Phi) is 6.08. The molecule has 3 aromatic rings. The Labute approximate surface area is 189 Å². The number of benzene rings is 3. The summed E-state index contributed by atoms with van der Waals surface area (Å²) in [5.41, 5.74) is 1.51. The summed E-state index contributed by atoms with van der Waals surface area (Å²) in [4.78, 5) is 38.7. The Hall–Kier alpha value is -4.59. The Morgan fingerprint density at radius 1 is 0.970 bits per heavy atom. The number of phenols is 1. The molecule has 0 atom stereocenters. The molecule has 1 aliphatic rings. The molecule has 166 valence electrons. The second-order valence-electron chi connectivity index (χ2n) is 7.16. The number of nitrogens with one attached hydrogen (secondary N) is 1. The highest BCUT2D eigenvalue weighted by Crippen LogP contribution is 2.29. The van der Waals surface area contributed by atoms with Crippen molar-refractivity contribution >= 4 is 29.6 Å². The van der Waals surface area contributed by atoms with E-state index < -0.39 is 17.8 Å². The molecule has 1 aliphatic heterocycles. The molecule has 0 aromatic heterocycles. The number of nitrogens with zero attached hydrogens (tertiary/aromatic N) is 1. The summed E-state index contributed by atoms with van der Waals surface area (Å²) < 4.78 is 10.8. The maximum atomic E-state index is 13.0. The number of aromatic hydroxyl groups is 1. The van der Waals surface area contributed by atoms with Gasteiger partial charge in [-0.05, 0) is 53.6 Å². The number of phenolic OH excluding ortho intramolecular Hbond substituents is 1. The molecule has 4 rings (SSSR count). The number of imide groups is 2. The normalized spacial score (nSPS) is 14.9. The molecule has 0 radical (unpaired) electrons. The van der Waals surface area contributed by atoms with E-state index in [2.05, 4.69) is 5.32 Å². The van der Waals surface area contributed by atoms with Gasteiger partial charge in [-0.25, -0.2) is 9.69 Å². The van der Waals surface area contributed by atoms with E-state index in [4.69, 9.17) is 9.47 Å². The van der Waals surface area contributed by atoms with Crippen molar-refractivity contribution < 1.29 is 29.0 Å². The number of carbonyl (C=O) groups excluding carboxylic acids is 3. The van der Waals surface area contributed by atoms with Gasteiger partial charge in [-0.1, -0.05) is 36.4 Å². The number of amides is 4. The van der Waals surface area contributed by atoms with Gasteiger partial charge in [0, 0.05) is 0 Å². The van der Waals surface area contributed by atoms with Gasteiger partial charge in [0.05, 0.1) is 12.8 Å². The maximum Gasteiger partial charge on any atom is 0.335 e. The zero-order valence-electron chi connectivity index (χ0n) is 17.6. The summed E-state index contributed by atoms with van der Waals surface area (Å²) in [6.45, 7) is 0.376.